The first kappa shape index (κ1) is 14.7. The molecule has 0 aliphatic carbocycles. The largest absolute Gasteiger partial charge is 0.480 e. The van der Waals surface area contributed by atoms with Crippen LogP contribution in [0.25, 0.3) is 0 Å². The van der Waals surface area contributed by atoms with Gasteiger partial charge < -0.3 is 5.11 Å². The quantitative estimate of drug-likeness (QED) is 0.838. The summed E-state index contributed by atoms with van der Waals surface area (Å²) in [4.78, 5) is 12.5. The van der Waals surface area contributed by atoms with Gasteiger partial charge in [-0.3, -0.25) is 10.1 Å². The molecule has 2 atom stereocenters. The third-order valence-corrected chi connectivity index (χ3v) is 4.65. The summed E-state index contributed by atoms with van der Waals surface area (Å²) in [6.45, 7) is 5.74. The number of nitrogens with one attached hydrogen (secondary N) is 1. The topological polar surface area (TPSA) is 49.3 Å². The zero-order valence-corrected chi connectivity index (χ0v) is 12.7. The van der Waals surface area contributed by atoms with Gasteiger partial charge in [0.2, 0.25) is 0 Å². The van der Waals surface area contributed by atoms with E-state index in [-0.39, 0.29) is 6.04 Å². The average molecular weight is 320 g/mol. The van der Waals surface area contributed by atoms with Gasteiger partial charge in [-0.15, -0.1) is 11.3 Å². The van der Waals surface area contributed by atoms with Crippen molar-refractivity contribution in [3.63, 3.8) is 0 Å². The van der Waals surface area contributed by atoms with E-state index in [1.807, 2.05) is 25.3 Å². The van der Waals surface area contributed by atoms with Crippen LogP contribution in [-0.4, -0.2) is 16.6 Å². The van der Waals surface area contributed by atoms with Gasteiger partial charge in [0.1, 0.15) is 5.54 Å². The lowest BCUT2D eigenvalue weighted by atomic mass is 9.95. The summed E-state index contributed by atoms with van der Waals surface area (Å²) in [6, 6.07) is 2.07. The summed E-state index contributed by atoms with van der Waals surface area (Å²) in [6.07, 6.45) is 1.47. The molecule has 2 unspecified atom stereocenters. The van der Waals surface area contributed by atoms with Crippen molar-refractivity contribution in [3.05, 3.63) is 20.8 Å². The van der Waals surface area contributed by atoms with Crippen LogP contribution in [0.15, 0.2) is 15.9 Å². The van der Waals surface area contributed by atoms with Crippen molar-refractivity contribution in [1.82, 2.24) is 5.32 Å². The predicted octanol–water partition coefficient (Wildman–Crippen LogP) is 3.80. The van der Waals surface area contributed by atoms with Crippen LogP contribution in [0.5, 0.6) is 0 Å². The standard InChI is InChI=1S/C12H18BrNO2S/c1-4-5-12(3,11(15)16)14-8(2)10-6-9(13)7-17-10/h6-8,14H,4-5H2,1-3H3,(H,15,16). The van der Waals surface area contributed by atoms with Gasteiger partial charge in [-0.05, 0) is 42.3 Å². The predicted molar refractivity (Wildman–Crippen MR) is 74.5 cm³/mol. The Morgan fingerprint density at radius 3 is 2.76 bits per heavy atom. The minimum absolute atomic E-state index is 0.0407. The molecule has 0 spiro atoms. The fourth-order valence-electron chi connectivity index (χ4n) is 1.85. The van der Waals surface area contributed by atoms with E-state index >= 15 is 0 Å². The number of carboxylic acids is 1. The zero-order chi connectivity index (χ0) is 13.1. The Bertz CT molecular complexity index is 394. The second kappa shape index (κ2) is 5.98. The molecule has 0 aromatic carbocycles. The van der Waals surface area contributed by atoms with Gasteiger partial charge in [0.25, 0.3) is 0 Å². The summed E-state index contributed by atoms with van der Waals surface area (Å²) in [7, 11) is 0. The van der Waals surface area contributed by atoms with Crippen molar-refractivity contribution < 1.29 is 9.90 Å². The molecule has 2 N–H and O–H groups in total. The Morgan fingerprint density at radius 1 is 1.71 bits per heavy atom. The van der Waals surface area contributed by atoms with Crippen LogP contribution in [0, 0.1) is 0 Å². The maximum atomic E-state index is 11.3. The average Bonchev–Trinajstić information content (AvgIpc) is 2.65. The van der Waals surface area contributed by atoms with Crippen molar-refractivity contribution in [2.75, 3.05) is 0 Å². The second-order valence-electron chi connectivity index (χ2n) is 4.42. The molecule has 1 aromatic heterocycles. The molecule has 17 heavy (non-hydrogen) atoms. The number of halogens is 1. The summed E-state index contributed by atoms with van der Waals surface area (Å²) in [5, 5.41) is 14.5. The SMILES string of the molecule is CCCC(C)(NC(C)c1cc(Br)cs1)C(=O)O. The highest BCUT2D eigenvalue weighted by Gasteiger charge is 2.33. The molecule has 0 radical (unpaired) electrons. The molecule has 1 aromatic rings. The molecule has 0 saturated heterocycles. The summed E-state index contributed by atoms with van der Waals surface area (Å²) >= 11 is 5.03. The van der Waals surface area contributed by atoms with Crippen molar-refractivity contribution in [1.29, 1.82) is 0 Å². The molecule has 3 nitrogen and oxygen atoms in total. The van der Waals surface area contributed by atoms with Crippen molar-refractivity contribution in [2.24, 2.45) is 0 Å². The van der Waals surface area contributed by atoms with E-state index in [1.165, 1.54) is 0 Å². The first-order valence-electron chi connectivity index (χ1n) is 5.64. The first-order valence-corrected chi connectivity index (χ1v) is 7.31. The van der Waals surface area contributed by atoms with Crippen LogP contribution in [0.4, 0.5) is 0 Å². The molecular weight excluding hydrogens is 302 g/mol. The van der Waals surface area contributed by atoms with Gasteiger partial charge in [-0.25, -0.2) is 0 Å². The van der Waals surface area contributed by atoms with Crippen LogP contribution in [0.3, 0.4) is 0 Å². The highest BCUT2D eigenvalue weighted by molar-refractivity contribution is 9.10. The van der Waals surface area contributed by atoms with E-state index in [0.29, 0.717) is 6.42 Å². The van der Waals surface area contributed by atoms with Gasteiger partial charge in [-0.2, -0.15) is 0 Å². The molecule has 0 amide bonds. The highest BCUT2D eigenvalue weighted by Crippen LogP contribution is 2.27. The maximum absolute atomic E-state index is 11.3. The number of hydrogen-bond donors (Lipinski definition) is 2. The molecule has 0 saturated carbocycles. The molecule has 0 aliphatic rings. The molecule has 96 valence electrons. The van der Waals surface area contributed by atoms with Crippen LogP contribution < -0.4 is 5.32 Å². The Balaban J connectivity index is 2.77. The molecule has 0 fully saturated rings. The van der Waals surface area contributed by atoms with Crippen LogP contribution in [0.1, 0.15) is 44.5 Å². The monoisotopic (exact) mass is 319 g/mol. The van der Waals surface area contributed by atoms with E-state index in [4.69, 9.17) is 0 Å². The van der Waals surface area contributed by atoms with E-state index in [0.717, 1.165) is 15.8 Å². The van der Waals surface area contributed by atoms with Crippen molar-refractivity contribution in [3.8, 4) is 0 Å². The van der Waals surface area contributed by atoms with Gasteiger partial charge in [0.05, 0.1) is 0 Å². The van der Waals surface area contributed by atoms with E-state index in [9.17, 15) is 9.90 Å². The van der Waals surface area contributed by atoms with Crippen LogP contribution in [0.2, 0.25) is 0 Å². The summed E-state index contributed by atoms with van der Waals surface area (Å²) < 4.78 is 1.04. The van der Waals surface area contributed by atoms with E-state index < -0.39 is 11.5 Å². The molecule has 5 heteroatoms. The van der Waals surface area contributed by atoms with E-state index in [2.05, 4.69) is 21.2 Å². The van der Waals surface area contributed by atoms with Gasteiger partial charge in [-0.1, -0.05) is 13.3 Å². The van der Waals surface area contributed by atoms with Crippen molar-refractivity contribution >= 4 is 33.2 Å². The number of hydrogen-bond acceptors (Lipinski definition) is 3. The first-order chi connectivity index (χ1) is 7.89. The fraction of sp³-hybridized carbons (Fsp3) is 0.583. The fourth-order valence-corrected chi connectivity index (χ4v) is 3.30. The highest BCUT2D eigenvalue weighted by atomic mass is 79.9. The maximum Gasteiger partial charge on any atom is 0.323 e. The molecule has 0 bridgehead atoms. The Labute approximate surface area is 114 Å². The van der Waals surface area contributed by atoms with Gasteiger partial charge in [0.15, 0.2) is 0 Å². The molecular formula is C12H18BrNO2S. The third-order valence-electron chi connectivity index (χ3n) is 2.77. The zero-order valence-electron chi connectivity index (χ0n) is 10.3. The Hall–Kier alpha value is -0.390. The number of aliphatic carboxylic acids is 1. The molecule has 0 aliphatic heterocycles. The lowest BCUT2D eigenvalue weighted by molar-refractivity contribution is -0.144. The van der Waals surface area contributed by atoms with Crippen molar-refractivity contribution in [2.45, 2.75) is 45.2 Å². The van der Waals surface area contributed by atoms with E-state index in [1.54, 1.807) is 18.3 Å². The minimum Gasteiger partial charge on any atom is -0.480 e. The normalized spacial score (nSPS) is 16.5. The lowest BCUT2D eigenvalue weighted by Crippen LogP contribution is -2.50. The molecule has 1 heterocycles. The lowest BCUT2D eigenvalue weighted by Gasteiger charge is -2.29. The third kappa shape index (κ3) is 3.79. The van der Waals surface area contributed by atoms with Gasteiger partial charge in [0, 0.05) is 20.8 Å². The second-order valence-corrected chi connectivity index (χ2v) is 6.28. The number of carboxylic acid groups (broad SMARTS) is 1. The van der Waals surface area contributed by atoms with Crippen LogP contribution in [-0.2, 0) is 4.79 Å². The minimum atomic E-state index is -0.857. The Morgan fingerprint density at radius 2 is 2.35 bits per heavy atom. The number of rotatable bonds is 6. The van der Waals surface area contributed by atoms with Gasteiger partial charge >= 0.3 is 5.97 Å². The summed E-state index contributed by atoms with van der Waals surface area (Å²) in [5.74, 6) is -0.790. The number of thiophene rings is 1. The Kier molecular flexibility index (Phi) is 5.16. The summed E-state index contributed by atoms with van der Waals surface area (Å²) in [5.41, 5.74) is -0.857. The molecule has 1 rings (SSSR count). The number of carbonyl (C=O) groups is 1. The smallest absolute Gasteiger partial charge is 0.323 e. The van der Waals surface area contributed by atoms with Crippen LogP contribution >= 0.6 is 27.3 Å².